The fourth-order valence-corrected chi connectivity index (χ4v) is 6.09. The van der Waals surface area contributed by atoms with E-state index in [4.69, 9.17) is 0 Å². The molecule has 0 radical (unpaired) electrons. The Kier molecular flexibility index (Phi) is 4.54. The second kappa shape index (κ2) is 6.83. The van der Waals surface area contributed by atoms with Crippen LogP contribution in [0.3, 0.4) is 0 Å². The first-order chi connectivity index (χ1) is 12.2. The van der Waals surface area contributed by atoms with Gasteiger partial charge in [-0.2, -0.15) is 5.26 Å². The molecule has 0 aromatic carbocycles. The third-order valence-corrected chi connectivity index (χ3v) is 7.39. The summed E-state index contributed by atoms with van der Waals surface area (Å²) in [5.41, 5.74) is 2.19. The van der Waals surface area contributed by atoms with Crippen molar-refractivity contribution in [1.82, 2.24) is 15.0 Å². The second-order valence-electron chi connectivity index (χ2n) is 5.86. The van der Waals surface area contributed by atoms with E-state index < -0.39 is 5.92 Å². The van der Waals surface area contributed by atoms with Crippen molar-refractivity contribution >= 4 is 50.4 Å². The average Bonchev–Trinajstić information content (AvgIpc) is 3.29. The Balaban J connectivity index is 1.56. The number of aromatic nitrogens is 3. The van der Waals surface area contributed by atoms with Gasteiger partial charge in [0.25, 0.3) is 0 Å². The van der Waals surface area contributed by atoms with E-state index in [1.54, 1.807) is 17.7 Å². The van der Waals surface area contributed by atoms with Crippen LogP contribution in [0.15, 0.2) is 16.7 Å². The highest BCUT2D eigenvalue weighted by molar-refractivity contribution is 8.00. The molecule has 0 saturated carbocycles. The van der Waals surface area contributed by atoms with Gasteiger partial charge in [0.2, 0.25) is 0 Å². The number of nitrogens with zero attached hydrogens (tertiary/aromatic N) is 4. The molecule has 0 unspecified atom stereocenters. The Hall–Kier alpha value is -1.82. The summed E-state index contributed by atoms with van der Waals surface area (Å²) in [6, 6.07) is 2.10. The van der Waals surface area contributed by atoms with Gasteiger partial charge in [0.1, 0.15) is 21.2 Å². The number of ketones is 1. The molecule has 1 aliphatic carbocycles. The van der Waals surface area contributed by atoms with E-state index in [0.29, 0.717) is 5.01 Å². The van der Waals surface area contributed by atoms with Gasteiger partial charge < -0.3 is 0 Å². The van der Waals surface area contributed by atoms with Crippen molar-refractivity contribution in [2.45, 2.75) is 37.1 Å². The zero-order valence-corrected chi connectivity index (χ0v) is 15.9. The number of thioether (sulfide) groups is 1. The lowest BCUT2D eigenvalue weighted by Crippen LogP contribution is -2.13. The summed E-state index contributed by atoms with van der Waals surface area (Å²) in [5, 5.41) is 13.8. The number of carbonyl (C=O) groups excluding carboxylic acids is 1. The molecule has 3 aromatic rings. The minimum Gasteiger partial charge on any atom is -0.297 e. The molecular formula is C17H14N4OS3. The maximum absolute atomic E-state index is 12.5. The van der Waals surface area contributed by atoms with Crippen LogP contribution in [0, 0.1) is 18.3 Å². The normalized spacial score (nSPS) is 14.4. The summed E-state index contributed by atoms with van der Waals surface area (Å²) in [6.07, 6.45) is 4.91. The molecule has 0 spiro atoms. The molecule has 126 valence electrons. The topological polar surface area (TPSA) is 79.5 Å². The molecule has 0 fully saturated rings. The number of aryl methyl sites for hydroxylation is 3. The van der Waals surface area contributed by atoms with Gasteiger partial charge in [0.15, 0.2) is 11.7 Å². The van der Waals surface area contributed by atoms with Gasteiger partial charge in [-0.25, -0.2) is 15.0 Å². The van der Waals surface area contributed by atoms with Crippen molar-refractivity contribution in [3.8, 4) is 6.07 Å². The number of thiophene rings is 1. The number of hydrogen-bond acceptors (Lipinski definition) is 8. The Labute approximate surface area is 157 Å². The third kappa shape index (κ3) is 3.08. The molecule has 1 atom stereocenters. The highest BCUT2D eigenvalue weighted by atomic mass is 32.2. The van der Waals surface area contributed by atoms with Gasteiger partial charge in [0, 0.05) is 21.3 Å². The van der Waals surface area contributed by atoms with E-state index in [-0.39, 0.29) is 11.5 Å². The lowest BCUT2D eigenvalue weighted by molar-refractivity contribution is -0.116. The molecule has 0 aliphatic heterocycles. The second-order valence-corrected chi connectivity index (χ2v) is 8.80. The Bertz CT molecular complexity index is 1000. The predicted octanol–water partition coefficient (Wildman–Crippen LogP) is 3.91. The number of Topliss-reactive ketones (excluding diaryl/α,β-unsaturated/α-hetero) is 1. The fraction of sp³-hybridized carbons (Fsp3) is 0.353. The van der Waals surface area contributed by atoms with Gasteiger partial charge in [-0.05, 0) is 31.7 Å². The smallest absolute Gasteiger partial charge is 0.167 e. The zero-order valence-electron chi connectivity index (χ0n) is 13.5. The molecule has 1 aliphatic rings. The van der Waals surface area contributed by atoms with Gasteiger partial charge in [-0.15, -0.1) is 22.7 Å². The van der Waals surface area contributed by atoms with Crippen LogP contribution < -0.4 is 0 Å². The van der Waals surface area contributed by atoms with Crippen molar-refractivity contribution in [3.63, 3.8) is 0 Å². The molecule has 4 rings (SSSR count). The molecular weight excluding hydrogens is 372 g/mol. The first kappa shape index (κ1) is 16.6. The Morgan fingerprint density at radius 2 is 2.32 bits per heavy atom. The van der Waals surface area contributed by atoms with Crippen LogP contribution in [0.25, 0.3) is 10.2 Å². The Morgan fingerprint density at radius 3 is 3.08 bits per heavy atom. The number of hydrogen-bond donors (Lipinski definition) is 0. The van der Waals surface area contributed by atoms with Crippen molar-refractivity contribution in [2.24, 2.45) is 0 Å². The van der Waals surface area contributed by atoms with Crippen molar-refractivity contribution < 1.29 is 4.79 Å². The molecule has 0 bridgehead atoms. The highest BCUT2D eigenvalue weighted by Gasteiger charge is 2.25. The largest absolute Gasteiger partial charge is 0.297 e. The first-order valence-corrected chi connectivity index (χ1v) is 10.6. The number of rotatable bonds is 5. The van der Waals surface area contributed by atoms with Gasteiger partial charge in [0.05, 0.1) is 11.8 Å². The van der Waals surface area contributed by atoms with Crippen LogP contribution in [0.5, 0.6) is 0 Å². The number of carbonyl (C=O) groups is 1. The predicted molar refractivity (Wildman–Crippen MR) is 100 cm³/mol. The molecule has 25 heavy (non-hydrogen) atoms. The summed E-state index contributed by atoms with van der Waals surface area (Å²) < 4.78 is 0. The highest BCUT2D eigenvalue weighted by Crippen LogP contribution is 2.40. The monoisotopic (exact) mass is 386 g/mol. The van der Waals surface area contributed by atoms with E-state index in [0.717, 1.165) is 33.8 Å². The molecule has 0 amide bonds. The molecule has 0 N–H and O–H groups in total. The number of fused-ring (bicyclic) bond motifs is 3. The van der Waals surface area contributed by atoms with Crippen LogP contribution in [-0.4, -0.2) is 26.5 Å². The first-order valence-electron chi connectivity index (χ1n) is 7.89. The van der Waals surface area contributed by atoms with E-state index >= 15 is 0 Å². The summed E-state index contributed by atoms with van der Waals surface area (Å²) in [4.78, 5) is 28.0. The number of nitriles is 1. The van der Waals surface area contributed by atoms with Crippen LogP contribution in [0.2, 0.25) is 0 Å². The van der Waals surface area contributed by atoms with Crippen LogP contribution in [0.4, 0.5) is 0 Å². The quantitative estimate of drug-likeness (QED) is 0.488. The maximum atomic E-state index is 12.5. The van der Waals surface area contributed by atoms with Gasteiger partial charge >= 0.3 is 0 Å². The Morgan fingerprint density at radius 1 is 1.44 bits per heavy atom. The average molecular weight is 387 g/mol. The van der Waals surface area contributed by atoms with Gasteiger partial charge in [-0.3, -0.25) is 4.79 Å². The van der Waals surface area contributed by atoms with E-state index in [9.17, 15) is 10.1 Å². The molecule has 8 heteroatoms. The minimum atomic E-state index is -0.795. The number of thiazole rings is 1. The molecule has 3 heterocycles. The summed E-state index contributed by atoms with van der Waals surface area (Å²) in [5.74, 6) is -0.703. The molecule has 5 nitrogen and oxygen atoms in total. The van der Waals surface area contributed by atoms with Crippen LogP contribution >= 0.6 is 34.4 Å². The van der Waals surface area contributed by atoms with Crippen LogP contribution in [-0.2, 0) is 17.6 Å². The molecule has 3 aromatic heterocycles. The van der Waals surface area contributed by atoms with E-state index in [1.165, 1.54) is 40.0 Å². The fourth-order valence-electron chi connectivity index (χ4n) is 3.00. The summed E-state index contributed by atoms with van der Waals surface area (Å²) >= 11 is 4.51. The SMILES string of the molecule is Cc1csc([C@@H](C#N)C(=O)CSc2ncnc3sc4c(c23)CCC4)n1. The molecule has 0 saturated heterocycles. The lowest BCUT2D eigenvalue weighted by atomic mass is 10.1. The van der Waals surface area contributed by atoms with Crippen LogP contribution in [0.1, 0.15) is 33.5 Å². The maximum Gasteiger partial charge on any atom is 0.167 e. The summed E-state index contributed by atoms with van der Waals surface area (Å²) in [7, 11) is 0. The van der Waals surface area contributed by atoms with Crippen molar-refractivity contribution in [3.05, 3.63) is 32.8 Å². The van der Waals surface area contributed by atoms with Crippen molar-refractivity contribution in [1.29, 1.82) is 5.26 Å². The summed E-state index contributed by atoms with van der Waals surface area (Å²) in [6.45, 7) is 1.86. The lowest BCUT2D eigenvalue weighted by Gasteiger charge is -2.06. The van der Waals surface area contributed by atoms with Crippen molar-refractivity contribution in [2.75, 3.05) is 5.75 Å². The standard InChI is InChI=1S/C17H14N4OS3/c1-9-6-23-15(21-9)11(5-18)12(22)7-24-16-14-10-3-2-4-13(10)25-17(14)20-8-19-16/h6,8,11H,2-4,7H2,1H3/t11-/m0/s1. The third-order valence-electron chi connectivity index (χ3n) is 4.15. The zero-order chi connectivity index (χ0) is 17.4. The van der Waals surface area contributed by atoms with Gasteiger partial charge in [-0.1, -0.05) is 11.8 Å². The van der Waals surface area contributed by atoms with E-state index in [1.807, 2.05) is 12.3 Å². The van der Waals surface area contributed by atoms with E-state index in [2.05, 4.69) is 21.0 Å². The minimum absolute atomic E-state index is 0.125.